The van der Waals surface area contributed by atoms with Crippen LogP contribution in [0.3, 0.4) is 0 Å². The highest BCUT2D eigenvalue weighted by molar-refractivity contribution is 5.64. The zero-order valence-corrected chi connectivity index (χ0v) is 19.4. The van der Waals surface area contributed by atoms with E-state index in [-0.39, 0.29) is 11.6 Å². The quantitative estimate of drug-likeness (QED) is 0.205. The summed E-state index contributed by atoms with van der Waals surface area (Å²) in [6.45, 7) is 2.84. The monoisotopic (exact) mass is 486 g/mol. The van der Waals surface area contributed by atoms with Crippen LogP contribution in [0.5, 0.6) is 5.75 Å². The van der Waals surface area contributed by atoms with Crippen LogP contribution in [0.15, 0.2) is 72.8 Å². The van der Waals surface area contributed by atoms with Crippen molar-refractivity contribution >= 4 is 12.2 Å². The van der Waals surface area contributed by atoms with Gasteiger partial charge in [0.25, 0.3) is 0 Å². The molecule has 0 radical (unpaired) electrons. The molecule has 0 amide bonds. The summed E-state index contributed by atoms with van der Waals surface area (Å²) in [6, 6.07) is 18.2. The first-order valence-corrected chi connectivity index (χ1v) is 11.5. The second-order valence-corrected chi connectivity index (χ2v) is 8.14. The zero-order valence-electron chi connectivity index (χ0n) is 19.4. The summed E-state index contributed by atoms with van der Waals surface area (Å²) in [5.74, 6) is -1.22. The van der Waals surface area contributed by atoms with Gasteiger partial charge in [0.05, 0.1) is 6.61 Å². The van der Waals surface area contributed by atoms with Crippen molar-refractivity contribution < 1.29 is 26.7 Å². The van der Waals surface area contributed by atoms with E-state index in [4.69, 9.17) is 4.74 Å². The Bertz CT molecular complexity index is 1120. The molecule has 0 unspecified atom stereocenters. The number of allylic oxidation sites excluding steroid dienone is 2. The number of halogens is 5. The Morgan fingerprint density at radius 1 is 0.829 bits per heavy atom. The van der Waals surface area contributed by atoms with Crippen LogP contribution in [0.4, 0.5) is 22.0 Å². The molecule has 0 heterocycles. The number of unbranched alkanes of at least 4 members (excludes halogenated alkanes) is 1. The summed E-state index contributed by atoms with van der Waals surface area (Å²) in [4.78, 5) is 0. The van der Waals surface area contributed by atoms with Crippen molar-refractivity contribution in [1.82, 2.24) is 0 Å². The van der Waals surface area contributed by atoms with Gasteiger partial charge in [0, 0.05) is 11.6 Å². The molecule has 0 saturated carbocycles. The number of benzene rings is 3. The number of hydrogen-bond acceptors (Lipinski definition) is 1. The molecule has 0 atom stereocenters. The Morgan fingerprint density at radius 3 is 2.00 bits per heavy atom. The molecular weight excluding hydrogens is 459 g/mol. The van der Waals surface area contributed by atoms with Crippen molar-refractivity contribution in [3.05, 3.63) is 101 Å². The molecule has 3 aromatic carbocycles. The summed E-state index contributed by atoms with van der Waals surface area (Å²) in [7, 11) is 0. The Hall–Kier alpha value is -3.41. The number of aryl methyl sites for hydroxylation is 1. The third-order valence-electron chi connectivity index (χ3n) is 5.36. The average Bonchev–Trinajstić information content (AvgIpc) is 2.82. The molecule has 0 aromatic heterocycles. The van der Waals surface area contributed by atoms with Crippen molar-refractivity contribution in [3.8, 4) is 16.9 Å². The highest BCUT2D eigenvalue weighted by atomic mass is 19.4. The van der Waals surface area contributed by atoms with Crippen molar-refractivity contribution in [2.75, 3.05) is 6.61 Å². The van der Waals surface area contributed by atoms with E-state index in [0.717, 1.165) is 53.8 Å². The lowest BCUT2D eigenvalue weighted by molar-refractivity contribution is -0.0790. The highest BCUT2D eigenvalue weighted by Crippen LogP contribution is 2.24. The fraction of sp³-hybridized carbons (Fsp3) is 0.241. The fourth-order valence-electron chi connectivity index (χ4n) is 3.45. The molecule has 0 aliphatic rings. The van der Waals surface area contributed by atoms with Gasteiger partial charge in [-0.1, -0.05) is 61.9 Å². The normalized spacial score (nSPS) is 12.1. The van der Waals surface area contributed by atoms with Crippen LogP contribution in [0.25, 0.3) is 23.3 Å². The van der Waals surface area contributed by atoms with E-state index in [2.05, 4.69) is 6.92 Å². The van der Waals surface area contributed by atoms with Gasteiger partial charge in [-0.3, -0.25) is 0 Å². The fourth-order valence-corrected chi connectivity index (χ4v) is 3.45. The van der Waals surface area contributed by atoms with Crippen LogP contribution in [-0.2, 0) is 6.42 Å². The topological polar surface area (TPSA) is 9.23 Å². The van der Waals surface area contributed by atoms with Crippen LogP contribution in [0.2, 0.25) is 0 Å². The molecule has 0 fully saturated rings. The molecule has 0 bridgehead atoms. The van der Waals surface area contributed by atoms with Crippen LogP contribution in [0.1, 0.15) is 42.9 Å². The summed E-state index contributed by atoms with van der Waals surface area (Å²) >= 11 is 0. The minimum absolute atomic E-state index is 0.187. The lowest BCUT2D eigenvalue weighted by Gasteiger charge is -2.07. The number of rotatable bonds is 10. The molecule has 0 N–H and O–H groups in total. The Labute approximate surface area is 202 Å². The van der Waals surface area contributed by atoms with Crippen LogP contribution < -0.4 is 4.74 Å². The maximum Gasteiger partial charge on any atom is 0.409 e. The largest absolute Gasteiger partial charge is 0.494 e. The molecule has 0 spiro atoms. The molecule has 0 saturated heterocycles. The van der Waals surface area contributed by atoms with Crippen molar-refractivity contribution in [1.29, 1.82) is 0 Å². The summed E-state index contributed by atoms with van der Waals surface area (Å²) in [5.41, 5.74) is 2.84. The Kier molecular flexibility index (Phi) is 9.24. The standard InChI is InChI=1S/C29H27F5O/c1-2-3-18-35-25-14-12-24(13-15-25)23-10-8-21(9-11-23)6-4-5-7-22-19-27(30)26(28(31)20-22)16-17-29(32,33)34/h5,7-17,19-20H,2-4,6,18H2,1H3/b7-5+,17-16+. The molecule has 3 aromatic rings. The second-order valence-electron chi connectivity index (χ2n) is 8.14. The van der Waals surface area contributed by atoms with Gasteiger partial charge in [-0.2, -0.15) is 13.2 Å². The van der Waals surface area contributed by atoms with Crippen molar-refractivity contribution in [2.45, 2.75) is 38.8 Å². The molecule has 6 heteroatoms. The Balaban J connectivity index is 1.54. The van der Waals surface area contributed by atoms with Crippen LogP contribution in [-0.4, -0.2) is 12.8 Å². The number of hydrogen-bond donors (Lipinski definition) is 0. The third-order valence-corrected chi connectivity index (χ3v) is 5.36. The zero-order chi connectivity index (χ0) is 25.3. The van der Waals surface area contributed by atoms with E-state index in [0.29, 0.717) is 19.1 Å². The number of alkyl halides is 3. The molecule has 1 nitrogen and oxygen atoms in total. The average molecular weight is 487 g/mol. The smallest absolute Gasteiger partial charge is 0.409 e. The molecule has 3 rings (SSSR count). The van der Waals surface area contributed by atoms with Crippen LogP contribution in [0, 0.1) is 11.6 Å². The first kappa shape index (κ1) is 26.2. The lowest BCUT2D eigenvalue weighted by atomic mass is 10.0. The van der Waals surface area contributed by atoms with Crippen molar-refractivity contribution in [3.63, 3.8) is 0 Å². The number of ether oxygens (including phenoxy) is 1. The first-order valence-electron chi connectivity index (χ1n) is 11.5. The van der Waals surface area contributed by atoms with E-state index >= 15 is 0 Å². The SMILES string of the molecule is CCCCOc1ccc(-c2ccc(CC/C=C/c3cc(F)c(/C=C/C(F)(F)F)c(F)c3)cc2)cc1. The predicted octanol–water partition coefficient (Wildman–Crippen LogP) is 9.03. The van der Waals surface area contributed by atoms with Gasteiger partial charge >= 0.3 is 6.18 Å². The van der Waals surface area contributed by atoms with E-state index < -0.39 is 23.4 Å². The van der Waals surface area contributed by atoms with E-state index in [1.165, 1.54) is 0 Å². The Morgan fingerprint density at radius 2 is 1.43 bits per heavy atom. The highest BCUT2D eigenvalue weighted by Gasteiger charge is 2.22. The summed E-state index contributed by atoms with van der Waals surface area (Å²) < 4.78 is 70.5. The van der Waals surface area contributed by atoms with Gasteiger partial charge < -0.3 is 4.74 Å². The molecule has 0 aliphatic heterocycles. The van der Waals surface area contributed by atoms with Gasteiger partial charge in [-0.25, -0.2) is 8.78 Å². The summed E-state index contributed by atoms with van der Waals surface area (Å²) in [5, 5.41) is 0. The minimum Gasteiger partial charge on any atom is -0.494 e. The van der Waals surface area contributed by atoms with Crippen molar-refractivity contribution in [2.24, 2.45) is 0 Å². The third kappa shape index (κ3) is 8.39. The molecular formula is C29H27F5O. The van der Waals surface area contributed by atoms with Gasteiger partial charge in [0.15, 0.2) is 0 Å². The van der Waals surface area contributed by atoms with E-state index in [1.54, 1.807) is 12.2 Å². The molecule has 0 aliphatic carbocycles. The van der Waals surface area contributed by atoms with Crippen LogP contribution >= 0.6 is 0 Å². The minimum atomic E-state index is -4.64. The van der Waals surface area contributed by atoms with Gasteiger partial charge in [0.2, 0.25) is 0 Å². The lowest BCUT2D eigenvalue weighted by Crippen LogP contribution is -2.01. The summed E-state index contributed by atoms with van der Waals surface area (Å²) in [6.07, 6.45) is 2.42. The van der Waals surface area contributed by atoms with Gasteiger partial charge in [0.1, 0.15) is 17.4 Å². The maximum atomic E-state index is 14.0. The predicted molar refractivity (Wildman–Crippen MR) is 131 cm³/mol. The second kappa shape index (κ2) is 12.3. The van der Waals surface area contributed by atoms with E-state index in [1.807, 2.05) is 48.5 Å². The van der Waals surface area contributed by atoms with E-state index in [9.17, 15) is 22.0 Å². The first-order chi connectivity index (χ1) is 16.7. The van der Waals surface area contributed by atoms with Gasteiger partial charge in [-0.05, 0) is 71.9 Å². The molecule has 35 heavy (non-hydrogen) atoms. The van der Waals surface area contributed by atoms with Gasteiger partial charge in [-0.15, -0.1) is 0 Å². The molecule has 184 valence electrons. The maximum absolute atomic E-state index is 14.0.